The third-order valence-electron chi connectivity index (χ3n) is 3.62. The van der Waals surface area contributed by atoms with Crippen molar-refractivity contribution in [3.05, 3.63) is 29.8 Å². The van der Waals surface area contributed by atoms with Crippen LogP contribution in [0.4, 0.5) is 0 Å². The average Bonchev–Trinajstić information content (AvgIpc) is 3.23. The molecule has 1 aliphatic rings. The molecule has 0 heterocycles. The van der Waals surface area contributed by atoms with Crippen LogP contribution < -0.4 is 5.32 Å². The molecule has 20 heavy (non-hydrogen) atoms. The van der Waals surface area contributed by atoms with Crippen LogP contribution in [0.3, 0.4) is 0 Å². The molecule has 2 rings (SSSR count). The average molecular weight is 296 g/mol. The molecule has 0 saturated heterocycles. The number of hydrogen-bond donors (Lipinski definition) is 1. The smallest absolute Gasteiger partial charge is 0.243 e. The Labute approximate surface area is 122 Å². The van der Waals surface area contributed by atoms with E-state index in [2.05, 4.69) is 12.2 Å². The van der Waals surface area contributed by atoms with E-state index in [4.69, 9.17) is 0 Å². The molecule has 1 aromatic carbocycles. The van der Waals surface area contributed by atoms with Gasteiger partial charge in [0, 0.05) is 20.1 Å². The summed E-state index contributed by atoms with van der Waals surface area (Å²) in [7, 11) is -1.68. The number of sulfonamides is 1. The van der Waals surface area contributed by atoms with Crippen molar-refractivity contribution in [1.82, 2.24) is 9.62 Å². The first-order valence-corrected chi connectivity index (χ1v) is 8.74. The normalized spacial score (nSPS) is 15.8. The van der Waals surface area contributed by atoms with Crippen molar-refractivity contribution < 1.29 is 8.42 Å². The molecule has 112 valence electrons. The summed E-state index contributed by atoms with van der Waals surface area (Å²) in [4.78, 5) is 0.437. The van der Waals surface area contributed by atoms with Gasteiger partial charge in [-0.15, -0.1) is 0 Å². The van der Waals surface area contributed by atoms with Crippen LogP contribution in [0.25, 0.3) is 0 Å². The lowest BCUT2D eigenvalue weighted by Gasteiger charge is -2.19. The molecule has 0 aliphatic heterocycles. The molecule has 1 saturated carbocycles. The van der Waals surface area contributed by atoms with E-state index in [1.54, 1.807) is 19.2 Å². The van der Waals surface area contributed by atoms with Gasteiger partial charge < -0.3 is 5.32 Å². The largest absolute Gasteiger partial charge is 0.313 e. The van der Waals surface area contributed by atoms with Crippen LogP contribution in [0.15, 0.2) is 29.2 Å². The highest BCUT2D eigenvalue weighted by Crippen LogP contribution is 2.31. The van der Waals surface area contributed by atoms with E-state index in [9.17, 15) is 8.42 Å². The molecule has 0 atom stereocenters. The zero-order valence-corrected chi connectivity index (χ0v) is 13.1. The Balaban J connectivity index is 2.16. The van der Waals surface area contributed by atoms with Gasteiger partial charge in [0.15, 0.2) is 0 Å². The first-order valence-electron chi connectivity index (χ1n) is 7.30. The zero-order valence-electron chi connectivity index (χ0n) is 12.3. The zero-order chi connectivity index (χ0) is 14.6. The fourth-order valence-corrected chi connectivity index (χ4v) is 3.70. The van der Waals surface area contributed by atoms with Gasteiger partial charge in [0.2, 0.25) is 10.0 Å². The van der Waals surface area contributed by atoms with E-state index in [-0.39, 0.29) is 0 Å². The van der Waals surface area contributed by atoms with E-state index in [1.165, 1.54) is 4.31 Å². The van der Waals surface area contributed by atoms with Gasteiger partial charge in [-0.1, -0.05) is 25.1 Å². The Hall–Kier alpha value is -0.910. The van der Waals surface area contributed by atoms with Gasteiger partial charge >= 0.3 is 0 Å². The van der Waals surface area contributed by atoms with Gasteiger partial charge in [0.25, 0.3) is 0 Å². The minimum atomic E-state index is -3.37. The SMILES string of the molecule is CCCNCc1ccccc1S(=O)(=O)N(C)CC1CC1. The predicted molar refractivity (Wildman–Crippen MR) is 81.0 cm³/mol. The minimum Gasteiger partial charge on any atom is -0.313 e. The molecule has 5 heteroatoms. The number of hydrogen-bond acceptors (Lipinski definition) is 3. The first-order chi connectivity index (χ1) is 9.55. The summed E-state index contributed by atoms with van der Waals surface area (Å²) in [6.45, 7) is 4.23. The minimum absolute atomic E-state index is 0.437. The lowest BCUT2D eigenvalue weighted by molar-refractivity contribution is 0.452. The second kappa shape index (κ2) is 6.70. The van der Waals surface area contributed by atoms with Crippen LogP contribution in [-0.2, 0) is 16.6 Å². The van der Waals surface area contributed by atoms with Crippen molar-refractivity contribution >= 4 is 10.0 Å². The first kappa shape index (κ1) is 15.5. The molecule has 0 spiro atoms. The summed E-state index contributed by atoms with van der Waals surface area (Å²) in [6, 6.07) is 7.28. The Bertz CT molecular complexity index is 539. The fourth-order valence-electron chi connectivity index (χ4n) is 2.23. The molecular formula is C15H24N2O2S. The van der Waals surface area contributed by atoms with Crippen LogP contribution in [0.5, 0.6) is 0 Å². The van der Waals surface area contributed by atoms with E-state index < -0.39 is 10.0 Å². The Morgan fingerprint density at radius 3 is 2.65 bits per heavy atom. The van der Waals surface area contributed by atoms with Gasteiger partial charge in [-0.05, 0) is 43.4 Å². The number of benzene rings is 1. The van der Waals surface area contributed by atoms with E-state index in [1.807, 2.05) is 12.1 Å². The van der Waals surface area contributed by atoms with Crippen molar-refractivity contribution in [3.63, 3.8) is 0 Å². The maximum atomic E-state index is 12.6. The van der Waals surface area contributed by atoms with E-state index in [0.717, 1.165) is 31.4 Å². The monoisotopic (exact) mass is 296 g/mol. The summed E-state index contributed by atoms with van der Waals surface area (Å²) in [5.41, 5.74) is 0.851. The van der Waals surface area contributed by atoms with Crippen molar-refractivity contribution in [2.24, 2.45) is 5.92 Å². The number of nitrogens with one attached hydrogen (secondary N) is 1. The molecule has 1 fully saturated rings. The van der Waals surface area contributed by atoms with Crippen LogP contribution in [0.1, 0.15) is 31.7 Å². The van der Waals surface area contributed by atoms with Crippen molar-refractivity contribution in [2.45, 2.75) is 37.6 Å². The van der Waals surface area contributed by atoms with Crippen molar-refractivity contribution in [3.8, 4) is 0 Å². The molecule has 1 N–H and O–H groups in total. The molecule has 0 unspecified atom stereocenters. The highest BCUT2D eigenvalue weighted by Gasteiger charge is 2.30. The van der Waals surface area contributed by atoms with E-state index in [0.29, 0.717) is 23.9 Å². The number of rotatable bonds is 8. The molecule has 0 bridgehead atoms. The van der Waals surface area contributed by atoms with Gasteiger partial charge in [-0.3, -0.25) is 0 Å². The molecule has 1 aromatic rings. The van der Waals surface area contributed by atoms with E-state index >= 15 is 0 Å². The van der Waals surface area contributed by atoms with Crippen LogP contribution in [-0.4, -0.2) is 32.9 Å². The summed E-state index contributed by atoms with van der Waals surface area (Å²) in [5, 5.41) is 3.27. The van der Waals surface area contributed by atoms with Gasteiger partial charge in [0.1, 0.15) is 0 Å². The third kappa shape index (κ3) is 3.81. The highest BCUT2D eigenvalue weighted by atomic mass is 32.2. The summed E-state index contributed by atoms with van der Waals surface area (Å²) in [5.74, 6) is 0.556. The lowest BCUT2D eigenvalue weighted by atomic mass is 10.2. The van der Waals surface area contributed by atoms with Gasteiger partial charge in [-0.25, -0.2) is 12.7 Å². The van der Waals surface area contributed by atoms with Crippen LogP contribution >= 0.6 is 0 Å². The molecule has 4 nitrogen and oxygen atoms in total. The van der Waals surface area contributed by atoms with Crippen molar-refractivity contribution in [1.29, 1.82) is 0 Å². The van der Waals surface area contributed by atoms with Crippen LogP contribution in [0, 0.1) is 5.92 Å². The highest BCUT2D eigenvalue weighted by molar-refractivity contribution is 7.89. The van der Waals surface area contributed by atoms with Crippen LogP contribution in [0.2, 0.25) is 0 Å². The predicted octanol–water partition coefficient (Wildman–Crippen LogP) is 2.22. The Kier molecular flexibility index (Phi) is 5.18. The van der Waals surface area contributed by atoms with Gasteiger partial charge in [0.05, 0.1) is 4.90 Å². The molecule has 0 radical (unpaired) electrons. The third-order valence-corrected chi connectivity index (χ3v) is 5.54. The Morgan fingerprint density at radius 1 is 1.30 bits per heavy atom. The summed E-state index contributed by atoms with van der Waals surface area (Å²) < 4.78 is 26.8. The topological polar surface area (TPSA) is 49.4 Å². The second-order valence-corrected chi connectivity index (χ2v) is 7.53. The summed E-state index contributed by atoms with van der Waals surface area (Å²) in [6.07, 6.45) is 3.34. The van der Waals surface area contributed by atoms with Gasteiger partial charge in [-0.2, -0.15) is 0 Å². The molecular weight excluding hydrogens is 272 g/mol. The number of nitrogens with zero attached hydrogens (tertiary/aromatic N) is 1. The second-order valence-electron chi connectivity index (χ2n) is 5.51. The fraction of sp³-hybridized carbons (Fsp3) is 0.600. The summed E-state index contributed by atoms with van der Waals surface area (Å²) >= 11 is 0. The standard InChI is InChI=1S/C15H24N2O2S/c1-3-10-16-11-14-6-4-5-7-15(14)20(18,19)17(2)12-13-8-9-13/h4-7,13,16H,3,8-12H2,1-2H3. The molecule has 0 amide bonds. The lowest BCUT2D eigenvalue weighted by Crippen LogP contribution is -2.30. The maximum absolute atomic E-state index is 12.6. The molecule has 1 aliphatic carbocycles. The Morgan fingerprint density at radius 2 is 2.00 bits per heavy atom. The molecule has 0 aromatic heterocycles. The van der Waals surface area contributed by atoms with Crippen molar-refractivity contribution in [2.75, 3.05) is 20.1 Å². The maximum Gasteiger partial charge on any atom is 0.243 e. The quantitative estimate of drug-likeness (QED) is 0.748.